The summed E-state index contributed by atoms with van der Waals surface area (Å²) in [5.41, 5.74) is 0. The van der Waals surface area contributed by atoms with E-state index in [1.807, 2.05) is 0 Å². The molecule has 2 heterocycles. The lowest BCUT2D eigenvalue weighted by Crippen LogP contribution is -2.47. The molecule has 0 bridgehead atoms. The summed E-state index contributed by atoms with van der Waals surface area (Å²) in [6.45, 7) is 14.8. The molecule has 0 saturated carbocycles. The third-order valence-corrected chi connectivity index (χ3v) is 5.68. The Kier molecular flexibility index (Phi) is 7.48. The Morgan fingerprint density at radius 1 is 1.00 bits per heavy atom. The minimum atomic E-state index is 0.693. The van der Waals surface area contributed by atoms with Crippen molar-refractivity contribution in [1.29, 1.82) is 0 Å². The van der Waals surface area contributed by atoms with E-state index in [1.54, 1.807) is 0 Å². The molecule has 0 spiro atoms. The van der Waals surface area contributed by atoms with Crippen molar-refractivity contribution < 1.29 is 0 Å². The molecular formula is C18H37N3. The predicted octanol–water partition coefficient (Wildman–Crippen LogP) is 2.96. The van der Waals surface area contributed by atoms with Crippen LogP contribution in [-0.4, -0.2) is 61.2 Å². The van der Waals surface area contributed by atoms with Crippen molar-refractivity contribution in [2.45, 2.75) is 71.4 Å². The van der Waals surface area contributed by atoms with Crippen molar-refractivity contribution in [3.63, 3.8) is 0 Å². The second-order valence-corrected chi connectivity index (χ2v) is 7.26. The van der Waals surface area contributed by atoms with Gasteiger partial charge < -0.3 is 10.2 Å². The Bertz CT molecular complexity index is 264. The molecule has 124 valence electrons. The highest BCUT2D eigenvalue weighted by atomic mass is 15.2. The zero-order chi connectivity index (χ0) is 15.1. The van der Waals surface area contributed by atoms with Crippen LogP contribution in [0.15, 0.2) is 0 Å². The van der Waals surface area contributed by atoms with E-state index in [2.05, 4.69) is 35.9 Å². The third-order valence-electron chi connectivity index (χ3n) is 5.68. The SMILES string of the molecule is CCC(CC)NCC(C)N1CCC(CN2CCCC2)CC1. The van der Waals surface area contributed by atoms with Crippen LogP contribution in [0.25, 0.3) is 0 Å². The highest BCUT2D eigenvalue weighted by Crippen LogP contribution is 2.21. The Labute approximate surface area is 132 Å². The van der Waals surface area contributed by atoms with Crippen molar-refractivity contribution >= 4 is 0 Å². The van der Waals surface area contributed by atoms with Crippen molar-refractivity contribution in [2.24, 2.45) is 5.92 Å². The van der Waals surface area contributed by atoms with Gasteiger partial charge in [-0.2, -0.15) is 0 Å². The quantitative estimate of drug-likeness (QED) is 0.743. The molecule has 0 aromatic heterocycles. The van der Waals surface area contributed by atoms with Gasteiger partial charge in [0, 0.05) is 25.2 Å². The highest BCUT2D eigenvalue weighted by Gasteiger charge is 2.25. The summed E-state index contributed by atoms with van der Waals surface area (Å²) in [5.74, 6) is 0.957. The second kappa shape index (κ2) is 9.12. The largest absolute Gasteiger partial charge is 0.312 e. The number of hydrogen-bond donors (Lipinski definition) is 1. The molecule has 0 aromatic rings. The number of hydrogen-bond acceptors (Lipinski definition) is 3. The lowest BCUT2D eigenvalue weighted by atomic mass is 9.95. The lowest BCUT2D eigenvalue weighted by molar-refractivity contribution is 0.119. The van der Waals surface area contributed by atoms with E-state index in [0.717, 1.165) is 12.5 Å². The molecule has 0 amide bonds. The van der Waals surface area contributed by atoms with Crippen LogP contribution in [0.5, 0.6) is 0 Å². The summed E-state index contributed by atoms with van der Waals surface area (Å²) in [5, 5.41) is 3.74. The molecule has 1 atom stereocenters. The summed E-state index contributed by atoms with van der Waals surface area (Å²) in [6, 6.07) is 1.40. The van der Waals surface area contributed by atoms with Crippen LogP contribution in [0, 0.1) is 5.92 Å². The molecule has 2 aliphatic rings. The average molecular weight is 296 g/mol. The summed E-state index contributed by atoms with van der Waals surface area (Å²) in [6.07, 6.45) is 8.18. The Morgan fingerprint density at radius 2 is 1.62 bits per heavy atom. The van der Waals surface area contributed by atoms with Gasteiger partial charge in [0.1, 0.15) is 0 Å². The van der Waals surface area contributed by atoms with Crippen LogP contribution in [0.3, 0.4) is 0 Å². The van der Waals surface area contributed by atoms with Crippen LogP contribution in [0.1, 0.15) is 59.3 Å². The van der Waals surface area contributed by atoms with Gasteiger partial charge in [0.15, 0.2) is 0 Å². The zero-order valence-corrected chi connectivity index (χ0v) is 14.6. The maximum absolute atomic E-state index is 3.74. The monoisotopic (exact) mass is 295 g/mol. The van der Waals surface area contributed by atoms with Gasteiger partial charge >= 0.3 is 0 Å². The molecular weight excluding hydrogens is 258 g/mol. The first-order valence-electron chi connectivity index (χ1n) is 9.42. The summed E-state index contributed by atoms with van der Waals surface area (Å²) < 4.78 is 0. The zero-order valence-electron chi connectivity index (χ0n) is 14.6. The van der Waals surface area contributed by atoms with Gasteiger partial charge in [-0.15, -0.1) is 0 Å². The Hall–Kier alpha value is -0.120. The highest BCUT2D eigenvalue weighted by molar-refractivity contribution is 4.81. The second-order valence-electron chi connectivity index (χ2n) is 7.26. The van der Waals surface area contributed by atoms with Crippen LogP contribution >= 0.6 is 0 Å². The Balaban J connectivity index is 1.63. The molecule has 3 nitrogen and oxygen atoms in total. The topological polar surface area (TPSA) is 18.5 Å². The van der Waals surface area contributed by atoms with Crippen molar-refractivity contribution in [1.82, 2.24) is 15.1 Å². The van der Waals surface area contributed by atoms with Crippen LogP contribution in [-0.2, 0) is 0 Å². The van der Waals surface area contributed by atoms with E-state index in [4.69, 9.17) is 0 Å². The fraction of sp³-hybridized carbons (Fsp3) is 1.00. The number of rotatable bonds is 8. The van der Waals surface area contributed by atoms with Crippen molar-refractivity contribution in [3.8, 4) is 0 Å². The maximum Gasteiger partial charge on any atom is 0.0192 e. The summed E-state index contributed by atoms with van der Waals surface area (Å²) in [4.78, 5) is 5.40. The molecule has 1 unspecified atom stereocenters. The fourth-order valence-corrected chi connectivity index (χ4v) is 3.95. The van der Waals surface area contributed by atoms with Gasteiger partial charge in [-0.05, 0) is 77.5 Å². The third kappa shape index (κ3) is 5.54. The molecule has 2 saturated heterocycles. The fourth-order valence-electron chi connectivity index (χ4n) is 3.95. The summed E-state index contributed by atoms with van der Waals surface area (Å²) >= 11 is 0. The normalized spacial score (nSPS) is 24.0. The summed E-state index contributed by atoms with van der Waals surface area (Å²) in [7, 11) is 0. The van der Waals surface area contributed by atoms with Gasteiger partial charge in [-0.25, -0.2) is 0 Å². The van der Waals surface area contributed by atoms with E-state index < -0.39 is 0 Å². The molecule has 1 N–H and O–H groups in total. The molecule has 2 rings (SSSR count). The number of piperidine rings is 1. The number of likely N-dealkylation sites (tertiary alicyclic amines) is 2. The van der Waals surface area contributed by atoms with Gasteiger partial charge in [-0.1, -0.05) is 13.8 Å². The van der Waals surface area contributed by atoms with E-state index in [1.165, 1.54) is 71.2 Å². The van der Waals surface area contributed by atoms with Crippen LogP contribution in [0.4, 0.5) is 0 Å². The molecule has 0 aliphatic carbocycles. The maximum atomic E-state index is 3.74. The van der Waals surface area contributed by atoms with Gasteiger partial charge in [0.05, 0.1) is 0 Å². The molecule has 2 fully saturated rings. The van der Waals surface area contributed by atoms with Crippen LogP contribution in [0.2, 0.25) is 0 Å². The molecule has 3 heteroatoms. The minimum absolute atomic E-state index is 0.693. The first-order valence-corrected chi connectivity index (χ1v) is 9.42. The molecule has 0 aromatic carbocycles. The van der Waals surface area contributed by atoms with Gasteiger partial charge in [0.25, 0.3) is 0 Å². The minimum Gasteiger partial charge on any atom is -0.312 e. The lowest BCUT2D eigenvalue weighted by Gasteiger charge is -2.37. The van der Waals surface area contributed by atoms with Gasteiger partial charge in [-0.3, -0.25) is 4.90 Å². The van der Waals surface area contributed by atoms with E-state index in [-0.39, 0.29) is 0 Å². The van der Waals surface area contributed by atoms with Gasteiger partial charge in [0.2, 0.25) is 0 Å². The standard InChI is InChI=1S/C18H37N3/c1-4-18(5-2)19-14-16(3)21-12-8-17(9-13-21)15-20-10-6-7-11-20/h16-19H,4-15H2,1-3H3. The predicted molar refractivity (Wildman–Crippen MR) is 91.8 cm³/mol. The molecule has 2 aliphatic heterocycles. The number of nitrogens with one attached hydrogen (secondary N) is 1. The number of nitrogens with zero attached hydrogens (tertiary/aromatic N) is 2. The van der Waals surface area contributed by atoms with E-state index in [0.29, 0.717) is 12.1 Å². The van der Waals surface area contributed by atoms with E-state index in [9.17, 15) is 0 Å². The first-order chi connectivity index (χ1) is 10.2. The van der Waals surface area contributed by atoms with Crippen molar-refractivity contribution in [3.05, 3.63) is 0 Å². The Morgan fingerprint density at radius 3 is 2.19 bits per heavy atom. The first kappa shape index (κ1) is 17.2. The smallest absolute Gasteiger partial charge is 0.0192 e. The van der Waals surface area contributed by atoms with E-state index >= 15 is 0 Å². The molecule has 0 radical (unpaired) electrons. The average Bonchev–Trinajstić information content (AvgIpc) is 3.02. The van der Waals surface area contributed by atoms with Crippen LogP contribution < -0.4 is 5.32 Å². The molecule has 21 heavy (non-hydrogen) atoms. The van der Waals surface area contributed by atoms with Crippen molar-refractivity contribution in [2.75, 3.05) is 39.3 Å².